The number of methoxy groups -OCH3 is 1. The van der Waals surface area contributed by atoms with Gasteiger partial charge in [0.2, 0.25) is 5.75 Å². The highest BCUT2D eigenvalue weighted by atomic mass is 16.6. The largest absolute Gasteiger partial charge is 0.490 e. The van der Waals surface area contributed by atoms with E-state index in [-0.39, 0.29) is 5.75 Å². The maximum absolute atomic E-state index is 11.2. The Morgan fingerprint density at radius 1 is 1.50 bits per heavy atom. The third kappa shape index (κ3) is 2.10. The second-order valence-electron chi connectivity index (χ2n) is 3.92. The van der Waals surface area contributed by atoms with Gasteiger partial charge in [-0.15, -0.1) is 0 Å². The van der Waals surface area contributed by atoms with Crippen LogP contribution in [0.25, 0.3) is 0 Å². The molecule has 1 aromatic rings. The number of hydrogen-bond donors (Lipinski definition) is 3. The quantitative estimate of drug-likeness (QED) is 0.567. The Morgan fingerprint density at radius 2 is 2.22 bits per heavy atom. The number of nitrogens with zero attached hydrogens (tertiary/aromatic N) is 2. The molecule has 0 bridgehead atoms. The minimum atomic E-state index is -1.23. The van der Waals surface area contributed by atoms with Gasteiger partial charge in [-0.25, -0.2) is 0 Å². The van der Waals surface area contributed by atoms with E-state index in [1.807, 2.05) is 0 Å². The fourth-order valence-electron chi connectivity index (χ4n) is 1.81. The summed E-state index contributed by atoms with van der Waals surface area (Å²) in [4.78, 5) is 14.8. The molecule has 3 N–H and O–H groups in total. The van der Waals surface area contributed by atoms with Crippen molar-refractivity contribution in [3.63, 3.8) is 0 Å². The summed E-state index contributed by atoms with van der Waals surface area (Å²) in [6.45, 7) is -0.417. The Morgan fingerprint density at radius 3 is 2.78 bits per heavy atom. The highest BCUT2D eigenvalue weighted by Crippen LogP contribution is 2.29. The van der Waals surface area contributed by atoms with E-state index in [1.54, 1.807) is 0 Å². The van der Waals surface area contributed by atoms with Gasteiger partial charge in [0.25, 0.3) is 0 Å². The molecular weight excluding hydrogens is 244 g/mol. The number of aromatic nitrogens is 2. The number of ether oxygens (including phenoxy) is 2. The van der Waals surface area contributed by atoms with Crippen molar-refractivity contribution in [3.05, 3.63) is 22.9 Å². The van der Waals surface area contributed by atoms with Gasteiger partial charge in [-0.2, -0.15) is 4.98 Å². The summed E-state index contributed by atoms with van der Waals surface area (Å²) < 4.78 is 11.4. The van der Waals surface area contributed by atoms with E-state index < -0.39 is 36.7 Å². The molecule has 100 valence electrons. The van der Waals surface area contributed by atoms with Crippen LogP contribution < -0.4 is 10.3 Å². The van der Waals surface area contributed by atoms with Crippen molar-refractivity contribution in [1.29, 1.82) is 0 Å². The fraction of sp³-hybridized carbons (Fsp3) is 0.600. The Labute approximate surface area is 102 Å². The minimum absolute atomic E-state index is 0.00441. The first-order valence-corrected chi connectivity index (χ1v) is 5.32. The van der Waals surface area contributed by atoms with Crippen LogP contribution in [0.4, 0.5) is 0 Å². The molecule has 2 heterocycles. The predicted octanol–water partition coefficient (Wildman–Crippen LogP) is -2.14. The molecule has 18 heavy (non-hydrogen) atoms. The van der Waals surface area contributed by atoms with Crippen LogP contribution >= 0.6 is 0 Å². The molecule has 0 unspecified atom stereocenters. The van der Waals surface area contributed by atoms with Gasteiger partial charge in [-0.3, -0.25) is 4.79 Å². The van der Waals surface area contributed by atoms with Crippen LogP contribution in [0.1, 0.15) is 6.23 Å². The third-order valence-electron chi connectivity index (χ3n) is 2.82. The molecule has 2 rings (SSSR count). The van der Waals surface area contributed by atoms with E-state index in [4.69, 9.17) is 14.6 Å². The normalized spacial score (nSPS) is 31.6. The second-order valence-corrected chi connectivity index (χ2v) is 3.92. The fourth-order valence-corrected chi connectivity index (χ4v) is 1.81. The van der Waals surface area contributed by atoms with E-state index >= 15 is 0 Å². The molecule has 8 heteroatoms. The molecule has 0 amide bonds. The molecule has 0 saturated carbocycles. The number of aliphatic hydroxyl groups is 3. The summed E-state index contributed by atoms with van der Waals surface area (Å²) >= 11 is 0. The summed E-state index contributed by atoms with van der Waals surface area (Å²) in [6, 6.07) is 0. The molecular formula is C10H14N2O6. The molecule has 1 aromatic heterocycles. The molecule has 0 aliphatic carbocycles. The molecule has 8 nitrogen and oxygen atoms in total. The van der Waals surface area contributed by atoms with Crippen LogP contribution in [-0.4, -0.2) is 56.9 Å². The van der Waals surface area contributed by atoms with E-state index in [2.05, 4.69) is 4.98 Å². The lowest BCUT2D eigenvalue weighted by molar-refractivity contribution is -0.0537. The van der Waals surface area contributed by atoms with E-state index in [1.165, 1.54) is 24.2 Å². The van der Waals surface area contributed by atoms with Crippen molar-refractivity contribution in [1.82, 2.24) is 9.55 Å². The van der Waals surface area contributed by atoms with Crippen molar-refractivity contribution in [3.8, 4) is 5.75 Å². The third-order valence-corrected chi connectivity index (χ3v) is 2.82. The van der Waals surface area contributed by atoms with Gasteiger partial charge in [-0.1, -0.05) is 0 Å². The monoisotopic (exact) mass is 258 g/mol. The van der Waals surface area contributed by atoms with E-state index in [0.29, 0.717) is 0 Å². The van der Waals surface area contributed by atoms with Crippen LogP contribution in [0.2, 0.25) is 0 Å². The predicted molar refractivity (Wildman–Crippen MR) is 58.1 cm³/mol. The summed E-state index contributed by atoms with van der Waals surface area (Å²) in [5.41, 5.74) is -0.541. The highest BCUT2D eigenvalue weighted by Gasteiger charge is 2.43. The number of rotatable bonds is 3. The standard InChI is InChI=1S/C10H14N2O6/c1-17-5-2-12(4-11-9(5)16)10-8(15)7(14)6(3-13)18-10/h2,4,6-8,10,13-15H,3H2,1H3/t6-,7-,8-,10-/m1/s1. The van der Waals surface area contributed by atoms with Crippen LogP contribution in [0.3, 0.4) is 0 Å². The first-order valence-electron chi connectivity index (χ1n) is 5.32. The topological polar surface area (TPSA) is 114 Å². The lowest BCUT2D eigenvalue weighted by Gasteiger charge is -2.18. The zero-order valence-corrected chi connectivity index (χ0v) is 9.63. The van der Waals surface area contributed by atoms with Gasteiger partial charge in [0.05, 0.1) is 19.9 Å². The van der Waals surface area contributed by atoms with Crippen molar-refractivity contribution >= 4 is 0 Å². The lowest BCUT2D eigenvalue weighted by Crippen LogP contribution is -2.33. The first kappa shape index (κ1) is 13.0. The van der Waals surface area contributed by atoms with Gasteiger partial charge in [0, 0.05) is 0 Å². The van der Waals surface area contributed by atoms with Gasteiger partial charge in [-0.05, 0) is 0 Å². The smallest absolute Gasteiger partial charge is 0.314 e. The van der Waals surface area contributed by atoms with E-state index in [0.717, 1.165) is 0 Å². The average Bonchev–Trinajstić information content (AvgIpc) is 2.67. The Kier molecular flexibility index (Phi) is 3.62. The van der Waals surface area contributed by atoms with Crippen molar-refractivity contribution < 1.29 is 24.8 Å². The minimum Gasteiger partial charge on any atom is -0.490 e. The Hall–Kier alpha value is -1.48. The molecule has 1 aliphatic heterocycles. The molecule has 4 atom stereocenters. The summed E-state index contributed by atoms with van der Waals surface area (Å²) in [5.74, 6) is -0.00441. The lowest BCUT2D eigenvalue weighted by atomic mass is 10.1. The second kappa shape index (κ2) is 5.02. The number of aliphatic hydroxyl groups excluding tert-OH is 3. The SMILES string of the molecule is COc1cn([C@@H]2O[C@H](CO)[C@@H](O)[C@H]2O)cnc1=O. The molecule has 0 aromatic carbocycles. The molecule has 1 fully saturated rings. The van der Waals surface area contributed by atoms with Gasteiger partial charge >= 0.3 is 5.56 Å². The highest BCUT2D eigenvalue weighted by molar-refractivity contribution is 5.12. The van der Waals surface area contributed by atoms with Crippen molar-refractivity contribution in [2.75, 3.05) is 13.7 Å². The molecule has 1 saturated heterocycles. The van der Waals surface area contributed by atoms with Gasteiger partial charge < -0.3 is 29.4 Å². The van der Waals surface area contributed by atoms with Gasteiger partial charge in [0.15, 0.2) is 6.23 Å². The maximum atomic E-state index is 11.2. The zero-order valence-electron chi connectivity index (χ0n) is 9.63. The molecule has 1 aliphatic rings. The average molecular weight is 258 g/mol. The van der Waals surface area contributed by atoms with Crippen LogP contribution in [0.5, 0.6) is 5.75 Å². The summed E-state index contributed by atoms with van der Waals surface area (Å²) in [5, 5.41) is 28.4. The van der Waals surface area contributed by atoms with Crippen LogP contribution in [0, 0.1) is 0 Å². The van der Waals surface area contributed by atoms with Gasteiger partial charge in [0.1, 0.15) is 24.6 Å². The Balaban J connectivity index is 2.30. The van der Waals surface area contributed by atoms with Crippen LogP contribution in [0.15, 0.2) is 17.3 Å². The first-order chi connectivity index (χ1) is 8.58. The summed E-state index contributed by atoms with van der Waals surface area (Å²) in [6.07, 6.45) is -1.75. The van der Waals surface area contributed by atoms with Crippen LogP contribution in [-0.2, 0) is 4.74 Å². The van der Waals surface area contributed by atoms with Crippen molar-refractivity contribution in [2.45, 2.75) is 24.5 Å². The molecule has 0 radical (unpaired) electrons. The van der Waals surface area contributed by atoms with E-state index in [9.17, 15) is 15.0 Å². The molecule has 0 spiro atoms. The zero-order chi connectivity index (χ0) is 13.3. The summed E-state index contributed by atoms with van der Waals surface area (Å²) in [7, 11) is 1.32. The Bertz CT molecular complexity index is 476. The maximum Gasteiger partial charge on any atom is 0.314 e. The van der Waals surface area contributed by atoms with Crippen molar-refractivity contribution in [2.24, 2.45) is 0 Å². The number of hydrogen-bond acceptors (Lipinski definition) is 7.